The van der Waals surface area contributed by atoms with Gasteiger partial charge >= 0.3 is 0 Å². The normalized spacial score (nSPS) is 28.5. The van der Waals surface area contributed by atoms with Crippen molar-refractivity contribution in [2.24, 2.45) is 23.0 Å². The average molecular weight is 167 g/mol. The predicted molar refractivity (Wildman–Crippen MR) is 51.8 cm³/mol. The quantitative estimate of drug-likeness (QED) is 0.669. The molecule has 0 aromatic heterocycles. The van der Waals surface area contributed by atoms with Gasteiger partial charge in [0.1, 0.15) is 0 Å². The van der Waals surface area contributed by atoms with E-state index in [1.54, 1.807) is 0 Å². The molecular formula is C11H21N. The Kier molecular flexibility index (Phi) is 2.16. The van der Waals surface area contributed by atoms with Crippen LogP contribution in [0.25, 0.3) is 0 Å². The van der Waals surface area contributed by atoms with E-state index < -0.39 is 0 Å². The Bertz CT molecular complexity index is 156. The molecule has 0 spiro atoms. The van der Waals surface area contributed by atoms with Crippen LogP contribution >= 0.6 is 0 Å². The highest BCUT2D eigenvalue weighted by molar-refractivity contribution is 4.96. The van der Waals surface area contributed by atoms with Crippen molar-refractivity contribution in [1.29, 1.82) is 0 Å². The maximum absolute atomic E-state index is 5.62. The first kappa shape index (κ1) is 8.55. The van der Waals surface area contributed by atoms with Crippen molar-refractivity contribution in [1.82, 2.24) is 0 Å². The highest BCUT2D eigenvalue weighted by Gasteiger charge is 2.44. The molecule has 1 heteroatoms. The van der Waals surface area contributed by atoms with Gasteiger partial charge in [0, 0.05) is 0 Å². The molecular weight excluding hydrogens is 146 g/mol. The Morgan fingerprint density at radius 2 is 2.08 bits per heavy atom. The molecule has 12 heavy (non-hydrogen) atoms. The molecule has 2 rings (SSSR count). The van der Waals surface area contributed by atoms with Crippen molar-refractivity contribution in [3.63, 3.8) is 0 Å². The Balaban J connectivity index is 1.76. The lowest BCUT2D eigenvalue weighted by Gasteiger charge is -2.18. The Labute approximate surface area is 75.7 Å². The molecule has 0 aliphatic heterocycles. The summed E-state index contributed by atoms with van der Waals surface area (Å²) in [5.41, 5.74) is 6.34. The van der Waals surface area contributed by atoms with Crippen LogP contribution in [0.5, 0.6) is 0 Å². The second kappa shape index (κ2) is 3.02. The minimum atomic E-state index is 0.719. The van der Waals surface area contributed by atoms with Crippen molar-refractivity contribution in [2.45, 2.75) is 45.4 Å². The predicted octanol–water partition coefficient (Wildman–Crippen LogP) is 2.55. The van der Waals surface area contributed by atoms with E-state index in [0.717, 1.165) is 23.8 Å². The van der Waals surface area contributed by atoms with Gasteiger partial charge in [-0.3, -0.25) is 0 Å². The molecule has 1 unspecified atom stereocenters. The van der Waals surface area contributed by atoms with Crippen molar-refractivity contribution >= 4 is 0 Å². The summed E-state index contributed by atoms with van der Waals surface area (Å²) in [4.78, 5) is 0. The van der Waals surface area contributed by atoms with E-state index in [-0.39, 0.29) is 0 Å². The molecule has 2 N–H and O–H groups in total. The summed E-state index contributed by atoms with van der Waals surface area (Å²) in [6.45, 7) is 3.34. The zero-order chi connectivity index (χ0) is 8.60. The van der Waals surface area contributed by atoms with E-state index >= 15 is 0 Å². The van der Waals surface area contributed by atoms with Gasteiger partial charge in [0.2, 0.25) is 0 Å². The van der Waals surface area contributed by atoms with Crippen LogP contribution in [-0.2, 0) is 0 Å². The molecule has 0 aromatic rings. The second-order valence-electron chi connectivity index (χ2n) is 5.06. The van der Waals surface area contributed by atoms with Crippen LogP contribution in [0.1, 0.15) is 45.4 Å². The topological polar surface area (TPSA) is 26.0 Å². The van der Waals surface area contributed by atoms with Crippen LogP contribution in [0.15, 0.2) is 0 Å². The fourth-order valence-electron chi connectivity index (χ4n) is 2.55. The molecule has 0 aromatic carbocycles. The third kappa shape index (κ3) is 1.82. The van der Waals surface area contributed by atoms with Gasteiger partial charge < -0.3 is 5.73 Å². The van der Waals surface area contributed by atoms with Gasteiger partial charge in [-0.2, -0.15) is 0 Å². The fraction of sp³-hybridized carbons (Fsp3) is 1.00. The van der Waals surface area contributed by atoms with Gasteiger partial charge in [-0.15, -0.1) is 0 Å². The smallest absolute Gasteiger partial charge is 0.00720 e. The summed E-state index contributed by atoms with van der Waals surface area (Å²) < 4.78 is 0. The molecule has 0 radical (unpaired) electrons. The summed E-state index contributed by atoms with van der Waals surface area (Å²) in [5.74, 6) is 2.07. The number of hydrogen-bond donors (Lipinski definition) is 1. The lowest BCUT2D eigenvalue weighted by atomic mass is 9.88. The fourth-order valence-corrected chi connectivity index (χ4v) is 2.55. The van der Waals surface area contributed by atoms with Gasteiger partial charge in [0.15, 0.2) is 0 Å². The van der Waals surface area contributed by atoms with Gasteiger partial charge in [-0.25, -0.2) is 0 Å². The van der Waals surface area contributed by atoms with Crippen molar-refractivity contribution in [3.8, 4) is 0 Å². The van der Waals surface area contributed by atoms with Crippen LogP contribution in [0.2, 0.25) is 0 Å². The summed E-state index contributed by atoms with van der Waals surface area (Å²) in [6, 6.07) is 0. The van der Waals surface area contributed by atoms with E-state index in [1.807, 2.05) is 0 Å². The molecule has 0 amide bonds. The minimum absolute atomic E-state index is 0.719. The lowest BCUT2D eigenvalue weighted by Crippen LogP contribution is -2.13. The first-order chi connectivity index (χ1) is 5.76. The Hall–Kier alpha value is -0.0400. The standard InChI is InChI=1S/C11H21N/c1-9(10-2-3-10)8-11(4-5-11)6-7-12/h9-10H,2-8,12H2,1H3. The third-order valence-corrected chi connectivity index (χ3v) is 3.81. The zero-order valence-corrected chi connectivity index (χ0v) is 8.18. The van der Waals surface area contributed by atoms with Crippen molar-refractivity contribution in [3.05, 3.63) is 0 Å². The van der Waals surface area contributed by atoms with Crippen LogP contribution in [-0.4, -0.2) is 6.54 Å². The first-order valence-corrected chi connectivity index (χ1v) is 5.46. The largest absolute Gasteiger partial charge is 0.330 e. The minimum Gasteiger partial charge on any atom is -0.330 e. The van der Waals surface area contributed by atoms with Crippen LogP contribution < -0.4 is 5.73 Å². The summed E-state index contributed by atoms with van der Waals surface area (Å²) >= 11 is 0. The molecule has 2 aliphatic rings. The molecule has 2 aliphatic carbocycles. The number of rotatable bonds is 5. The van der Waals surface area contributed by atoms with Crippen molar-refractivity contribution in [2.75, 3.05) is 6.54 Å². The van der Waals surface area contributed by atoms with E-state index in [4.69, 9.17) is 5.73 Å². The molecule has 1 atom stereocenters. The van der Waals surface area contributed by atoms with E-state index in [0.29, 0.717) is 0 Å². The maximum atomic E-state index is 5.62. The highest BCUT2D eigenvalue weighted by atomic mass is 14.6. The SMILES string of the molecule is CC(CC1(CCN)CC1)C1CC1. The van der Waals surface area contributed by atoms with Crippen LogP contribution in [0.4, 0.5) is 0 Å². The lowest BCUT2D eigenvalue weighted by molar-refractivity contribution is 0.327. The van der Waals surface area contributed by atoms with Gasteiger partial charge in [-0.05, 0) is 62.3 Å². The molecule has 0 heterocycles. The second-order valence-corrected chi connectivity index (χ2v) is 5.06. The average Bonchev–Trinajstić information content (AvgIpc) is 2.79. The van der Waals surface area contributed by atoms with E-state index in [1.165, 1.54) is 38.5 Å². The highest BCUT2D eigenvalue weighted by Crippen LogP contribution is 2.55. The summed E-state index contributed by atoms with van der Waals surface area (Å²) in [7, 11) is 0. The Morgan fingerprint density at radius 3 is 2.50 bits per heavy atom. The van der Waals surface area contributed by atoms with Crippen LogP contribution in [0.3, 0.4) is 0 Å². The third-order valence-electron chi connectivity index (χ3n) is 3.81. The molecule has 1 nitrogen and oxygen atoms in total. The molecule has 2 fully saturated rings. The maximum Gasteiger partial charge on any atom is -0.00720 e. The number of nitrogens with two attached hydrogens (primary N) is 1. The summed E-state index contributed by atoms with van der Waals surface area (Å²) in [5, 5.41) is 0. The Morgan fingerprint density at radius 1 is 1.42 bits per heavy atom. The zero-order valence-electron chi connectivity index (χ0n) is 8.18. The number of hydrogen-bond acceptors (Lipinski definition) is 1. The molecule has 2 saturated carbocycles. The van der Waals surface area contributed by atoms with E-state index in [9.17, 15) is 0 Å². The molecule has 70 valence electrons. The first-order valence-electron chi connectivity index (χ1n) is 5.46. The van der Waals surface area contributed by atoms with Gasteiger partial charge in [-0.1, -0.05) is 6.92 Å². The molecule has 0 bridgehead atoms. The van der Waals surface area contributed by atoms with Crippen molar-refractivity contribution < 1.29 is 0 Å². The monoisotopic (exact) mass is 167 g/mol. The van der Waals surface area contributed by atoms with Crippen LogP contribution in [0, 0.1) is 17.3 Å². The van der Waals surface area contributed by atoms with E-state index in [2.05, 4.69) is 6.92 Å². The van der Waals surface area contributed by atoms with Gasteiger partial charge in [0.05, 0.1) is 0 Å². The summed E-state index contributed by atoms with van der Waals surface area (Å²) in [6.07, 6.45) is 8.67. The van der Waals surface area contributed by atoms with Gasteiger partial charge in [0.25, 0.3) is 0 Å². The molecule has 0 saturated heterocycles.